The van der Waals surface area contributed by atoms with Crippen LogP contribution in [-0.2, 0) is 13.6 Å². The second kappa shape index (κ2) is 7.38. The predicted octanol–water partition coefficient (Wildman–Crippen LogP) is 1.05. The van der Waals surface area contributed by atoms with Gasteiger partial charge in [0.25, 0.3) is 0 Å². The van der Waals surface area contributed by atoms with E-state index in [9.17, 15) is 0 Å². The highest BCUT2D eigenvalue weighted by Crippen LogP contribution is 2.23. The van der Waals surface area contributed by atoms with Crippen LogP contribution < -0.4 is 10.2 Å². The van der Waals surface area contributed by atoms with Crippen LogP contribution in [0.1, 0.15) is 31.5 Å². The Bertz CT molecular complexity index is 362. The van der Waals surface area contributed by atoms with Gasteiger partial charge in [-0.2, -0.15) is 5.10 Å². The molecule has 1 aromatic rings. The second-order valence-corrected chi connectivity index (χ2v) is 4.45. The predicted molar refractivity (Wildman–Crippen MR) is 74.9 cm³/mol. The van der Waals surface area contributed by atoms with Gasteiger partial charge >= 0.3 is 0 Å². The SMILES string of the molecule is CCNCc1c(C)nn(C)c1N(CC)CCCO. The van der Waals surface area contributed by atoms with Gasteiger partial charge in [-0.25, -0.2) is 0 Å². The Morgan fingerprint density at radius 2 is 2.11 bits per heavy atom. The van der Waals surface area contributed by atoms with Crippen LogP contribution in [0.15, 0.2) is 0 Å². The zero-order valence-electron chi connectivity index (χ0n) is 12.0. The van der Waals surface area contributed by atoms with E-state index in [-0.39, 0.29) is 6.61 Å². The van der Waals surface area contributed by atoms with Gasteiger partial charge in [0.15, 0.2) is 0 Å². The Morgan fingerprint density at radius 1 is 1.39 bits per heavy atom. The fourth-order valence-electron chi connectivity index (χ4n) is 2.22. The van der Waals surface area contributed by atoms with Gasteiger partial charge < -0.3 is 15.3 Å². The number of aromatic nitrogens is 2. The van der Waals surface area contributed by atoms with Crippen LogP contribution in [0, 0.1) is 6.92 Å². The van der Waals surface area contributed by atoms with Crippen molar-refractivity contribution in [2.45, 2.75) is 33.7 Å². The molecule has 0 radical (unpaired) electrons. The number of hydrogen-bond donors (Lipinski definition) is 2. The standard InChI is InChI=1S/C13H26N4O/c1-5-14-10-12-11(3)15-16(4)13(12)17(6-2)8-7-9-18/h14,18H,5-10H2,1-4H3. The van der Waals surface area contributed by atoms with Gasteiger partial charge in [0.2, 0.25) is 0 Å². The highest BCUT2D eigenvalue weighted by atomic mass is 16.3. The zero-order valence-corrected chi connectivity index (χ0v) is 12.0. The molecule has 0 amide bonds. The highest BCUT2D eigenvalue weighted by molar-refractivity contribution is 5.50. The molecule has 5 heteroatoms. The average Bonchev–Trinajstić information content (AvgIpc) is 2.63. The fourth-order valence-corrected chi connectivity index (χ4v) is 2.22. The summed E-state index contributed by atoms with van der Waals surface area (Å²) in [5.74, 6) is 1.17. The van der Waals surface area contributed by atoms with Crippen LogP contribution in [0.2, 0.25) is 0 Å². The first-order chi connectivity index (χ1) is 8.65. The van der Waals surface area contributed by atoms with Gasteiger partial charge in [0.05, 0.1) is 5.69 Å². The van der Waals surface area contributed by atoms with E-state index in [4.69, 9.17) is 5.11 Å². The molecule has 2 N–H and O–H groups in total. The summed E-state index contributed by atoms with van der Waals surface area (Å²) in [7, 11) is 1.99. The lowest BCUT2D eigenvalue weighted by atomic mass is 10.2. The van der Waals surface area contributed by atoms with Crippen LogP contribution >= 0.6 is 0 Å². The fraction of sp³-hybridized carbons (Fsp3) is 0.769. The molecule has 0 spiro atoms. The van der Waals surface area contributed by atoms with Crippen LogP contribution in [0.25, 0.3) is 0 Å². The van der Waals surface area contributed by atoms with Crippen molar-refractivity contribution in [2.75, 3.05) is 31.1 Å². The molecular formula is C13H26N4O. The van der Waals surface area contributed by atoms with E-state index >= 15 is 0 Å². The van der Waals surface area contributed by atoms with E-state index in [1.165, 1.54) is 11.4 Å². The molecule has 5 nitrogen and oxygen atoms in total. The molecule has 1 aromatic heterocycles. The molecule has 0 aliphatic carbocycles. The summed E-state index contributed by atoms with van der Waals surface area (Å²) >= 11 is 0. The van der Waals surface area contributed by atoms with Crippen molar-refractivity contribution in [3.8, 4) is 0 Å². The Hall–Kier alpha value is -1.07. The summed E-state index contributed by atoms with van der Waals surface area (Å²) in [5.41, 5.74) is 2.34. The first-order valence-electron chi connectivity index (χ1n) is 6.74. The molecule has 0 aliphatic heterocycles. The number of hydrogen-bond acceptors (Lipinski definition) is 4. The molecule has 0 saturated carbocycles. The Balaban J connectivity index is 2.95. The maximum atomic E-state index is 8.98. The number of nitrogens with zero attached hydrogens (tertiary/aromatic N) is 3. The highest BCUT2D eigenvalue weighted by Gasteiger charge is 2.17. The van der Waals surface area contributed by atoms with Crippen molar-refractivity contribution in [2.24, 2.45) is 7.05 Å². The number of aliphatic hydroxyl groups excluding tert-OH is 1. The van der Waals surface area contributed by atoms with E-state index in [0.29, 0.717) is 0 Å². The lowest BCUT2D eigenvalue weighted by Gasteiger charge is -2.24. The number of rotatable bonds is 8. The molecule has 18 heavy (non-hydrogen) atoms. The maximum absolute atomic E-state index is 8.98. The van der Waals surface area contributed by atoms with Crippen molar-refractivity contribution in [1.82, 2.24) is 15.1 Å². The molecule has 104 valence electrons. The summed E-state index contributed by atoms with van der Waals surface area (Å²) in [4.78, 5) is 2.28. The summed E-state index contributed by atoms with van der Waals surface area (Å²) in [6.07, 6.45) is 0.790. The Kier molecular flexibility index (Phi) is 6.15. The van der Waals surface area contributed by atoms with Crippen LogP contribution in [0.5, 0.6) is 0 Å². The third-order valence-corrected chi connectivity index (χ3v) is 3.13. The van der Waals surface area contributed by atoms with Gasteiger partial charge in [-0.3, -0.25) is 4.68 Å². The minimum atomic E-state index is 0.232. The van der Waals surface area contributed by atoms with Crippen molar-refractivity contribution >= 4 is 5.82 Å². The molecule has 0 fully saturated rings. The van der Waals surface area contributed by atoms with E-state index in [1.54, 1.807) is 0 Å². The first-order valence-corrected chi connectivity index (χ1v) is 6.74. The van der Waals surface area contributed by atoms with Crippen molar-refractivity contribution < 1.29 is 5.11 Å². The normalized spacial score (nSPS) is 10.9. The molecule has 0 aromatic carbocycles. The monoisotopic (exact) mass is 254 g/mol. The summed E-state index contributed by atoms with van der Waals surface area (Å²) < 4.78 is 1.95. The van der Waals surface area contributed by atoms with Crippen molar-refractivity contribution in [3.63, 3.8) is 0 Å². The lowest BCUT2D eigenvalue weighted by Crippen LogP contribution is -2.28. The molecular weight excluding hydrogens is 228 g/mol. The molecule has 0 unspecified atom stereocenters. The lowest BCUT2D eigenvalue weighted by molar-refractivity contribution is 0.289. The van der Waals surface area contributed by atoms with Crippen molar-refractivity contribution in [1.29, 1.82) is 0 Å². The molecule has 1 heterocycles. The van der Waals surface area contributed by atoms with Gasteiger partial charge in [-0.05, 0) is 26.8 Å². The Labute approximate surface area is 110 Å². The van der Waals surface area contributed by atoms with Crippen molar-refractivity contribution in [3.05, 3.63) is 11.3 Å². The quantitative estimate of drug-likeness (QED) is 0.728. The van der Waals surface area contributed by atoms with Gasteiger partial charge in [0, 0.05) is 38.9 Å². The van der Waals surface area contributed by atoms with Crippen LogP contribution in [-0.4, -0.2) is 41.1 Å². The molecule has 0 aliphatic rings. The topological polar surface area (TPSA) is 53.3 Å². The molecule has 0 saturated heterocycles. The third-order valence-electron chi connectivity index (χ3n) is 3.13. The first kappa shape index (κ1) is 15.0. The Morgan fingerprint density at radius 3 is 2.67 bits per heavy atom. The molecule has 1 rings (SSSR count). The van der Waals surface area contributed by atoms with Crippen LogP contribution in [0.3, 0.4) is 0 Å². The smallest absolute Gasteiger partial charge is 0.131 e. The zero-order chi connectivity index (χ0) is 13.5. The van der Waals surface area contributed by atoms with Crippen LogP contribution in [0.4, 0.5) is 5.82 Å². The van der Waals surface area contributed by atoms with Gasteiger partial charge in [0.1, 0.15) is 5.82 Å². The number of anilines is 1. The number of aryl methyl sites for hydroxylation is 2. The number of aliphatic hydroxyl groups is 1. The van der Waals surface area contributed by atoms with Gasteiger partial charge in [-0.15, -0.1) is 0 Å². The van der Waals surface area contributed by atoms with E-state index in [2.05, 4.69) is 36.1 Å². The largest absolute Gasteiger partial charge is 0.396 e. The summed E-state index contributed by atoms with van der Waals surface area (Å²) in [6, 6.07) is 0. The summed E-state index contributed by atoms with van der Waals surface area (Å²) in [6.45, 7) is 10.1. The van der Waals surface area contributed by atoms with Gasteiger partial charge in [-0.1, -0.05) is 6.92 Å². The molecule has 0 atom stereocenters. The van der Waals surface area contributed by atoms with E-state index in [0.717, 1.165) is 38.3 Å². The van der Waals surface area contributed by atoms with E-state index in [1.807, 2.05) is 11.7 Å². The number of nitrogens with one attached hydrogen (secondary N) is 1. The molecule has 0 bridgehead atoms. The third kappa shape index (κ3) is 3.46. The minimum Gasteiger partial charge on any atom is -0.396 e. The van der Waals surface area contributed by atoms with E-state index < -0.39 is 0 Å². The minimum absolute atomic E-state index is 0.232. The maximum Gasteiger partial charge on any atom is 0.131 e. The second-order valence-electron chi connectivity index (χ2n) is 4.45. The summed E-state index contributed by atoms with van der Waals surface area (Å²) in [5, 5.41) is 16.9. The average molecular weight is 254 g/mol.